The third kappa shape index (κ3) is 2.78. The van der Waals surface area contributed by atoms with Gasteiger partial charge in [0.15, 0.2) is 5.03 Å². The molecule has 1 unspecified atom stereocenters. The van der Waals surface area contributed by atoms with Gasteiger partial charge in [-0.25, -0.2) is 22.0 Å². The van der Waals surface area contributed by atoms with Crippen molar-refractivity contribution < 1.29 is 16.8 Å². The van der Waals surface area contributed by atoms with Crippen molar-refractivity contribution in [2.45, 2.75) is 22.4 Å². The quantitative estimate of drug-likeness (QED) is 0.803. The number of rotatable bonds is 4. The van der Waals surface area contributed by atoms with Crippen LogP contribution in [0.25, 0.3) is 10.9 Å². The van der Waals surface area contributed by atoms with Crippen molar-refractivity contribution in [1.29, 1.82) is 0 Å². The average Bonchev–Trinajstić information content (AvgIpc) is 3.12. The van der Waals surface area contributed by atoms with Crippen molar-refractivity contribution >= 4 is 30.8 Å². The van der Waals surface area contributed by atoms with Gasteiger partial charge in [-0.15, -0.1) is 0 Å². The summed E-state index contributed by atoms with van der Waals surface area (Å²) in [5.41, 5.74) is 0.422. The van der Waals surface area contributed by atoms with E-state index in [1.54, 1.807) is 4.68 Å². The Kier molecular flexibility index (Phi) is 3.79. The molecule has 1 aliphatic rings. The summed E-state index contributed by atoms with van der Waals surface area (Å²) >= 11 is 0. The normalized spacial score (nSPS) is 19.3. The van der Waals surface area contributed by atoms with Gasteiger partial charge in [0.2, 0.25) is 19.9 Å². The number of benzene rings is 1. The molecule has 124 valence electrons. The zero-order chi connectivity index (χ0) is 16.8. The van der Waals surface area contributed by atoms with E-state index in [2.05, 4.69) is 17.0 Å². The lowest BCUT2D eigenvalue weighted by Crippen LogP contribution is -2.15. The Bertz CT molecular complexity index is 986. The first-order valence-corrected chi connectivity index (χ1v) is 9.96. The third-order valence-corrected chi connectivity index (χ3v) is 6.03. The van der Waals surface area contributed by atoms with Crippen LogP contribution in [0.3, 0.4) is 0 Å². The van der Waals surface area contributed by atoms with Crippen LogP contribution in [0.15, 0.2) is 40.1 Å². The molecule has 23 heavy (non-hydrogen) atoms. The standard InChI is InChI=1S/C13H16N4O4S2/c1-2-22(18,19)13-11-4-3-10(23(14,20)21)7-12(11)17(16-13)9-5-6-15-8-9/h2-4,7,9,15H,1,5-6,8H2,(H2,14,20,21). The number of nitrogens with two attached hydrogens (primary N) is 1. The van der Waals surface area contributed by atoms with E-state index in [1.807, 2.05) is 0 Å². The van der Waals surface area contributed by atoms with Crippen molar-refractivity contribution in [3.63, 3.8) is 0 Å². The first-order valence-electron chi connectivity index (χ1n) is 6.87. The number of nitrogens with zero attached hydrogens (tertiary/aromatic N) is 2. The van der Waals surface area contributed by atoms with Crippen LogP contribution >= 0.6 is 0 Å². The Morgan fingerprint density at radius 3 is 2.65 bits per heavy atom. The fraction of sp³-hybridized carbons (Fsp3) is 0.308. The maximum Gasteiger partial charge on any atom is 0.238 e. The van der Waals surface area contributed by atoms with Gasteiger partial charge in [0.05, 0.1) is 16.5 Å². The smallest absolute Gasteiger partial charge is 0.238 e. The molecule has 8 nitrogen and oxygen atoms in total. The SMILES string of the molecule is C=CS(=O)(=O)c1nn(C2CCNC2)c2cc(S(N)(=O)=O)ccc12. The topological polar surface area (TPSA) is 124 Å². The van der Waals surface area contributed by atoms with Crippen molar-refractivity contribution in [3.8, 4) is 0 Å². The second-order valence-electron chi connectivity index (χ2n) is 5.33. The van der Waals surface area contributed by atoms with E-state index in [9.17, 15) is 16.8 Å². The molecular formula is C13H16N4O4S2. The van der Waals surface area contributed by atoms with Crippen molar-refractivity contribution in [2.24, 2.45) is 5.14 Å². The summed E-state index contributed by atoms with van der Waals surface area (Å²) in [7, 11) is -7.64. The van der Waals surface area contributed by atoms with Crippen LogP contribution in [0.4, 0.5) is 0 Å². The van der Waals surface area contributed by atoms with E-state index in [0.29, 0.717) is 17.4 Å². The summed E-state index contributed by atoms with van der Waals surface area (Å²) in [5.74, 6) is 0. The number of hydrogen-bond donors (Lipinski definition) is 2. The molecule has 0 saturated carbocycles. The van der Waals surface area contributed by atoms with Crippen LogP contribution < -0.4 is 10.5 Å². The van der Waals surface area contributed by atoms with Gasteiger partial charge in [0, 0.05) is 17.3 Å². The summed E-state index contributed by atoms with van der Waals surface area (Å²) in [4.78, 5) is -0.0837. The van der Waals surface area contributed by atoms with E-state index in [-0.39, 0.29) is 16.0 Å². The molecule has 1 saturated heterocycles. The Balaban J connectivity index is 2.34. The van der Waals surface area contributed by atoms with Gasteiger partial charge in [0.1, 0.15) is 0 Å². The van der Waals surface area contributed by atoms with Gasteiger partial charge < -0.3 is 5.32 Å². The van der Waals surface area contributed by atoms with Crippen molar-refractivity contribution in [3.05, 3.63) is 30.2 Å². The molecule has 3 rings (SSSR count). The number of nitrogens with one attached hydrogen (secondary N) is 1. The van der Waals surface area contributed by atoms with E-state index < -0.39 is 19.9 Å². The minimum absolute atomic E-state index is 0.0537. The van der Waals surface area contributed by atoms with Crippen molar-refractivity contribution in [1.82, 2.24) is 15.1 Å². The molecule has 2 aromatic rings. The first kappa shape index (κ1) is 16.1. The molecule has 1 fully saturated rings. The van der Waals surface area contributed by atoms with Gasteiger partial charge in [-0.2, -0.15) is 5.10 Å². The molecule has 1 aliphatic heterocycles. The van der Waals surface area contributed by atoms with E-state index in [1.165, 1.54) is 18.2 Å². The van der Waals surface area contributed by atoms with Crippen LogP contribution in [-0.4, -0.2) is 39.7 Å². The predicted octanol–water partition coefficient (Wildman–Crippen LogP) is 0.135. The molecule has 2 heterocycles. The monoisotopic (exact) mass is 356 g/mol. The lowest BCUT2D eigenvalue weighted by molar-refractivity contribution is 0.493. The Hall–Kier alpha value is -1.75. The maximum absolute atomic E-state index is 12.2. The fourth-order valence-corrected chi connectivity index (χ4v) is 4.05. The third-order valence-electron chi connectivity index (χ3n) is 3.84. The van der Waals surface area contributed by atoms with E-state index in [0.717, 1.165) is 18.4 Å². The number of sulfone groups is 1. The van der Waals surface area contributed by atoms with Crippen LogP contribution in [0.1, 0.15) is 12.5 Å². The molecular weight excluding hydrogens is 340 g/mol. The Labute approximate surface area is 133 Å². The summed E-state index contributed by atoms with van der Waals surface area (Å²) in [6.45, 7) is 4.72. The highest BCUT2D eigenvalue weighted by Crippen LogP contribution is 2.29. The van der Waals surface area contributed by atoms with Gasteiger partial charge in [-0.05, 0) is 31.2 Å². The second kappa shape index (κ2) is 5.41. The molecule has 0 radical (unpaired) electrons. The number of aromatic nitrogens is 2. The first-order chi connectivity index (χ1) is 10.7. The van der Waals surface area contributed by atoms with Crippen LogP contribution in [0.2, 0.25) is 0 Å². The summed E-state index contributed by atoms with van der Waals surface area (Å²) in [6, 6.07) is 4.00. The Morgan fingerprint density at radius 1 is 1.35 bits per heavy atom. The number of fused-ring (bicyclic) bond motifs is 1. The highest BCUT2D eigenvalue weighted by atomic mass is 32.2. The molecule has 1 aromatic carbocycles. The molecule has 1 atom stereocenters. The van der Waals surface area contributed by atoms with Crippen LogP contribution in [0.5, 0.6) is 0 Å². The molecule has 1 aromatic heterocycles. The lowest BCUT2D eigenvalue weighted by Gasteiger charge is -2.10. The molecule has 0 aliphatic carbocycles. The largest absolute Gasteiger partial charge is 0.315 e. The number of sulfonamides is 1. The minimum Gasteiger partial charge on any atom is -0.315 e. The van der Waals surface area contributed by atoms with Crippen LogP contribution in [-0.2, 0) is 19.9 Å². The van der Waals surface area contributed by atoms with Crippen molar-refractivity contribution in [2.75, 3.05) is 13.1 Å². The van der Waals surface area contributed by atoms with Gasteiger partial charge in [0.25, 0.3) is 0 Å². The molecule has 0 amide bonds. The second-order valence-corrected chi connectivity index (χ2v) is 8.70. The van der Waals surface area contributed by atoms with Gasteiger partial charge >= 0.3 is 0 Å². The predicted molar refractivity (Wildman–Crippen MR) is 85.0 cm³/mol. The summed E-state index contributed by atoms with van der Waals surface area (Å²) in [6.07, 6.45) is 0.768. The maximum atomic E-state index is 12.2. The van der Waals surface area contributed by atoms with E-state index >= 15 is 0 Å². The molecule has 0 spiro atoms. The summed E-state index contributed by atoms with van der Waals surface area (Å²) < 4.78 is 49.0. The number of hydrogen-bond acceptors (Lipinski definition) is 6. The Morgan fingerprint density at radius 2 is 2.09 bits per heavy atom. The lowest BCUT2D eigenvalue weighted by atomic mass is 10.2. The van der Waals surface area contributed by atoms with Gasteiger partial charge in [-0.3, -0.25) is 4.68 Å². The van der Waals surface area contributed by atoms with Gasteiger partial charge in [-0.1, -0.05) is 6.58 Å². The number of primary sulfonamides is 1. The minimum atomic E-state index is -3.89. The average molecular weight is 356 g/mol. The zero-order valence-corrected chi connectivity index (χ0v) is 13.8. The van der Waals surface area contributed by atoms with E-state index in [4.69, 9.17) is 5.14 Å². The zero-order valence-electron chi connectivity index (χ0n) is 12.1. The fourth-order valence-electron chi connectivity index (χ4n) is 2.68. The molecule has 3 N–H and O–H groups in total. The highest BCUT2D eigenvalue weighted by Gasteiger charge is 2.26. The van der Waals surface area contributed by atoms with Crippen LogP contribution in [0, 0.1) is 0 Å². The molecule has 10 heteroatoms. The summed E-state index contributed by atoms with van der Waals surface area (Å²) in [5, 5.41) is 13.6. The highest BCUT2D eigenvalue weighted by molar-refractivity contribution is 7.94. The molecule has 0 bridgehead atoms.